The first-order chi connectivity index (χ1) is 12.9. The zero-order valence-corrected chi connectivity index (χ0v) is 14.7. The van der Waals surface area contributed by atoms with E-state index < -0.39 is 17.8 Å². The topological polar surface area (TPSA) is 72.1 Å². The van der Waals surface area contributed by atoms with Crippen molar-refractivity contribution in [3.05, 3.63) is 23.8 Å². The number of anilines is 2. The summed E-state index contributed by atoms with van der Waals surface area (Å²) < 4.78 is 55.2. The van der Waals surface area contributed by atoms with Gasteiger partial charge in [0.15, 0.2) is 0 Å². The Balaban J connectivity index is 1.70. The van der Waals surface area contributed by atoms with Gasteiger partial charge < -0.3 is 29.7 Å². The van der Waals surface area contributed by atoms with E-state index in [1.807, 2.05) is 4.90 Å². The van der Waals surface area contributed by atoms with Crippen LogP contribution in [0.4, 0.5) is 29.3 Å². The van der Waals surface area contributed by atoms with E-state index in [4.69, 9.17) is 14.2 Å². The molecule has 2 N–H and O–H groups in total. The number of hydrogen-bond donors (Lipinski definition) is 2. The number of nitrogens with zero attached hydrogens (tertiary/aromatic N) is 1. The maximum Gasteiger partial charge on any atom is 0.416 e. The minimum atomic E-state index is -4.50. The SMILES string of the molecule is O=C(NC[C@@H]1COCCO1)Nc1cc(C(F)(F)F)ccc1N1CCOCC1. The van der Waals surface area contributed by atoms with E-state index >= 15 is 0 Å². The predicted molar refractivity (Wildman–Crippen MR) is 92.1 cm³/mol. The summed E-state index contributed by atoms with van der Waals surface area (Å²) in [7, 11) is 0. The maximum atomic E-state index is 13.1. The fraction of sp³-hybridized carbons (Fsp3) is 0.588. The van der Waals surface area contributed by atoms with Crippen molar-refractivity contribution in [2.75, 3.05) is 62.9 Å². The average molecular weight is 389 g/mol. The molecular weight excluding hydrogens is 367 g/mol. The van der Waals surface area contributed by atoms with Gasteiger partial charge in [-0.25, -0.2) is 4.79 Å². The maximum absolute atomic E-state index is 13.1. The molecule has 2 amide bonds. The zero-order valence-electron chi connectivity index (χ0n) is 14.7. The van der Waals surface area contributed by atoms with Crippen LogP contribution in [-0.2, 0) is 20.4 Å². The standard InChI is InChI=1S/C17H22F3N3O4/c18-17(19,20)12-1-2-15(23-3-5-25-6-4-23)14(9-12)22-16(24)21-10-13-11-26-7-8-27-13/h1-2,9,13H,3-8,10-11H2,(H2,21,22,24)/t13-/m1/s1. The van der Waals surface area contributed by atoms with E-state index in [0.717, 1.165) is 12.1 Å². The highest BCUT2D eigenvalue weighted by molar-refractivity contribution is 5.93. The first-order valence-electron chi connectivity index (χ1n) is 8.71. The van der Waals surface area contributed by atoms with Gasteiger partial charge >= 0.3 is 12.2 Å². The van der Waals surface area contributed by atoms with Gasteiger partial charge in [-0.15, -0.1) is 0 Å². The van der Waals surface area contributed by atoms with Gasteiger partial charge in [0, 0.05) is 19.6 Å². The van der Waals surface area contributed by atoms with Gasteiger partial charge in [-0.2, -0.15) is 13.2 Å². The van der Waals surface area contributed by atoms with Gasteiger partial charge in [0.05, 0.1) is 56.1 Å². The summed E-state index contributed by atoms with van der Waals surface area (Å²) in [5, 5.41) is 5.14. The highest BCUT2D eigenvalue weighted by Gasteiger charge is 2.32. The highest BCUT2D eigenvalue weighted by Crippen LogP contribution is 2.35. The quantitative estimate of drug-likeness (QED) is 0.825. The smallest absolute Gasteiger partial charge is 0.378 e. The molecule has 0 radical (unpaired) electrons. The summed E-state index contributed by atoms with van der Waals surface area (Å²) in [5.74, 6) is 0. The van der Waals surface area contributed by atoms with Crippen LogP contribution < -0.4 is 15.5 Å². The normalized spacial score (nSPS) is 21.0. The molecule has 1 atom stereocenters. The van der Waals surface area contributed by atoms with E-state index in [1.165, 1.54) is 6.07 Å². The summed E-state index contributed by atoms with van der Waals surface area (Å²) in [5.41, 5.74) is -0.192. The monoisotopic (exact) mass is 389 g/mol. The summed E-state index contributed by atoms with van der Waals surface area (Å²) in [4.78, 5) is 14.1. The fourth-order valence-corrected chi connectivity index (χ4v) is 2.92. The molecule has 2 heterocycles. The van der Waals surface area contributed by atoms with Crippen molar-refractivity contribution in [3.8, 4) is 0 Å². The molecule has 150 valence electrons. The number of rotatable bonds is 4. The van der Waals surface area contributed by atoms with E-state index in [-0.39, 0.29) is 18.3 Å². The van der Waals surface area contributed by atoms with Crippen LogP contribution in [0, 0.1) is 0 Å². The Morgan fingerprint density at radius 3 is 2.59 bits per heavy atom. The van der Waals surface area contributed by atoms with E-state index in [2.05, 4.69) is 10.6 Å². The molecule has 0 unspecified atom stereocenters. The largest absolute Gasteiger partial charge is 0.416 e. The molecule has 2 aliphatic rings. The van der Waals surface area contributed by atoms with Crippen LogP contribution in [0.3, 0.4) is 0 Å². The molecule has 27 heavy (non-hydrogen) atoms. The van der Waals surface area contributed by atoms with Gasteiger partial charge in [0.2, 0.25) is 0 Å². The molecule has 0 aliphatic carbocycles. The van der Waals surface area contributed by atoms with Crippen LogP contribution in [0.2, 0.25) is 0 Å². The molecule has 0 aromatic heterocycles. The van der Waals surface area contributed by atoms with Crippen LogP contribution in [0.15, 0.2) is 18.2 Å². The second kappa shape index (κ2) is 8.77. The van der Waals surface area contributed by atoms with Gasteiger partial charge in [0.25, 0.3) is 0 Å². The van der Waals surface area contributed by atoms with Crippen molar-refractivity contribution < 1.29 is 32.2 Å². The molecule has 0 spiro atoms. The lowest BCUT2D eigenvalue weighted by atomic mass is 10.1. The Morgan fingerprint density at radius 2 is 1.93 bits per heavy atom. The number of alkyl halides is 3. The summed E-state index contributed by atoms with van der Waals surface area (Å²) in [6.07, 6.45) is -4.77. The van der Waals surface area contributed by atoms with Crippen molar-refractivity contribution >= 4 is 17.4 Å². The lowest BCUT2D eigenvalue weighted by Crippen LogP contribution is -2.41. The van der Waals surface area contributed by atoms with Crippen LogP contribution in [-0.4, -0.2) is 64.8 Å². The number of nitrogens with one attached hydrogen (secondary N) is 2. The third kappa shape index (κ3) is 5.47. The number of halogens is 3. The van der Waals surface area contributed by atoms with Crippen LogP contribution in [0.5, 0.6) is 0 Å². The zero-order chi connectivity index (χ0) is 19.3. The van der Waals surface area contributed by atoms with Gasteiger partial charge in [-0.3, -0.25) is 0 Å². The van der Waals surface area contributed by atoms with Crippen molar-refractivity contribution in [3.63, 3.8) is 0 Å². The molecule has 1 aromatic rings. The number of morpholine rings is 1. The predicted octanol–water partition coefficient (Wildman–Crippen LogP) is 2.08. The van der Waals surface area contributed by atoms with Crippen LogP contribution in [0.25, 0.3) is 0 Å². The summed E-state index contributed by atoms with van der Waals surface area (Å²) in [6, 6.07) is 2.74. The number of amides is 2. The van der Waals surface area contributed by atoms with Gasteiger partial charge in [0.1, 0.15) is 0 Å². The molecule has 10 heteroatoms. The third-order valence-corrected chi connectivity index (χ3v) is 4.30. The average Bonchev–Trinajstić information content (AvgIpc) is 2.67. The van der Waals surface area contributed by atoms with E-state index in [1.54, 1.807) is 0 Å². The molecule has 0 saturated carbocycles. The molecule has 3 rings (SSSR count). The Morgan fingerprint density at radius 1 is 1.15 bits per heavy atom. The second-order valence-electron chi connectivity index (χ2n) is 6.23. The van der Waals surface area contributed by atoms with Gasteiger partial charge in [-0.1, -0.05) is 0 Å². The summed E-state index contributed by atoms with van der Waals surface area (Å²) in [6.45, 7) is 3.56. The van der Waals surface area contributed by atoms with Crippen molar-refractivity contribution in [2.24, 2.45) is 0 Å². The first kappa shape index (κ1) is 19.7. The van der Waals surface area contributed by atoms with Crippen LogP contribution >= 0.6 is 0 Å². The number of urea groups is 1. The van der Waals surface area contributed by atoms with Crippen LogP contribution in [0.1, 0.15) is 5.56 Å². The van der Waals surface area contributed by atoms with E-state index in [9.17, 15) is 18.0 Å². The Hall–Kier alpha value is -2.04. The van der Waals surface area contributed by atoms with Gasteiger partial charge in [-0.05, 0) is 18.2 Å². The lowest BCUT2D eigenvalue weighted by molar-refractivity contribution is -0.137. The number of ether oxygens (including phenoxy) is 3. The summed E-state index contributed by atoms with van der Waals surface area (Å²) >= 11 is 0. The Kier molecular flexibility index (Phi) is 6.40. The van der Waals surface area contributed by atoms with E-state index in [0.29, 0.717) is 51.8 Å². The minimum absolute atomic E-state index is 0.102. The first-order valence-corrected chi connectivity index (χ1v) is 8.71. The number of carbonyl (C=O) groups is 1. The molecule has 7 nitrogen and oxygen atoms in total. The second-order valence-corrected chi connectivity index (χ2v) is 6.23. The molecule has 1 aromatic carbocycles. The molecular formula is C17H22F3N3O4. The molecule has 0 bridgehead atoms. The number of hydrogen-bond acceptors (Lipinski definition) is 5. The van der Waals surface area contributed by atoms with Crippen molar-refractivity contribution in [1.82, 2.24) is 5.32 Å². The Labute approximate surface area is 154 Å². The lowest BCUT2D eigenvalue weighted by Gasteiger charge is -2.31. The highest BCUT2D eigenvalue weighted by atomic mass is 19.4. The molecule has 2 saturated heterocycles. The fourth-order valence-electron chi connectivity index (χ4n) is 2.92. The number of carbonyl (C=O) groups excluding carboxylic acids is 1. The molecule has 2 fully saturated rings. The van der Waals surface area contributed by atoms with Crippen molar-refractivity contribution in [1.29, 1.82) is 0 Å². The molecule has 2 aliphatic heterocycles. The Bertz CT molecular complexity index is 645. The number of benzene rings is 1. The minimum Gasteiger partial charge on any atom is -0.378 e. The third-order valence-electron chi connectivity index (χ3n) is 4.30. The van der Waals surface area contributed by atoms with Crippen molar-refractivity contribution in [2.45, 2.75) is 12.3 Å².